The SMILES string of the molecule is O=C(N1CCC(C(=O)O)(C(F)(F)F)CC1)N1CCC(c2ccc(C(OCc3c(F)cccc3F)(C(F)(F)F)C(F)(F)F)cc2)(S(=O)(=O)c2ccc(F)cc2)C1. The Morgan fingerprint density at radius 1 is 0.727 bits per heavy atom. The smallest absolute Gasteiger partial charge is 0.430 e. The molecular formula is C34H28F12N2O6S. The normalized spacial score (nSPS) is 19.8. The third-order valence-electron chi connectivity index (χ3n) is 10.1. The van der Waals surface area contributed by atoms with Gasteiger partial charge in [0.2, 0.25) is 0 Å². The molecule has 8 nitrogen and oxygen atoms in total. The zero-order chi connectivity index (χ0) is 41.0. The molecule has 2 aliphatic heterocycles. The number of hydrogen-bond acceptors (Lipinski definition) is 5. The molecule has 1 atom stereocenters. The second-order valence-corrected chi connectivity index (χ2v) is 15.3. The van der Waals surface area contributed by atoms with Gasteiger partial charge in [-0.1, -0.05) is 30.3 Å². The molecule has 55 heavy (non-hydrogen) atoms. The van der Waals surface area contributed by atoms with Crippen LogP contribution in [0.3, 0.4) is 0 Å². The molecule has 2 fully saturated rings. The first-order chi connectivity index (χ1) is 25.3. The highest BCUT2D eigenvalue weighted by Gasteiger charge is 2.73. The number of piperidine rings is 1. The van der Waals surface area contributed by atoms with E-state index < -0.39 is 147 Å². The number of carbonyl (C=O) groups excluding carboxylic acids is 1. The summed E-state index contributed by atoms with van der Waals surface area (Å²) in [5.74, 6) is -6.06. The van der Waals surface area contributed by atoms with Gasteiger partial charge in [0.25, 0.3) is 5.60 Å². The Morgan fingerprint density at radius 2 is 1.24 bits per heavy atom. The fraction of sp³-hybridized carbons (Fsp3) is 0.412. The predicted octanol–water partition coefficient (Wildman–Crippen LogP) is 7.86. The molecule has 300 valence electrons. The highest BCUT2D eigenvalue weighted by molar-refractivity contribution is 7.92. The van der Waals surface area contributed by atoms with Crippen LogP contribution in [0.2, 0.25) is 0 Å². The molecule has 2 saturated heterocycles. The predicted molar refractivity (Wildman–Crippen MR) is 165 cm³/mol. The number of carbonyl (C=O) groups is 2. The van der Waals surface area contributed by atoms with Crippen LogP contribution in [-0.4, -0.2) is 80.0 Å². The highest BCUT2D eigenvalue weighted by atomic mass is 32.2. The molecule has 2 heterocycles. The average molecular weight is 821 g/mol. The van der Waals surface area contributed by atoms with Crippen LogP contribution in [-0.2, 0) is 36.3 Å². The van der Waals surface area contributed by atoms with E-state index in [1.807, 2.05) is 0 Å². The molecule has 3 aromatic carbocycles. The van der Waals surface area contributed by atoms with Crippen molar-refractivity contribution >= 4 is 21.8 Å². The number of sulfone groups is 1. The lowest BCUT2D eigenvalue weighted by Crippen LogP contribution is -2.56. The van der Waals surface area contributed by atoms with E-state index in [0.29, 0.717) is 24.3 Å². The van der Waals surface area contributed by atoms with Crippen LogP contribution in [0.4, 0.5) is 57.5 Å². The fourth-order valence-corrected chi connectivity index (χ4v) is 8.97. The number of amides is 2. The van der Waals surface area contributed by atoms with Gasteiger partial charge in [0.1, 0.15) is 22.2 Å². The van der Waals surface area contributed by atoms with Crippen molar-refractivity contribution in [1.82, 2.24) is 9.80 Å². The van der Waals surface area contributed by atoms with Gasteiger partial charge in [0.05, 0.1) is 11.5 Å². The first-order valence-electron chi connectivity index (χ1n) is 16.0. The molecule has 0 spiro atoms. The van der Waals surface area contributed by atoms with Crippen LogP contribution in [0.15, 0.2) is 71.6 Å². The van der Waals surface area contributed by atoms with Crippen molar-refractivity contribution in [3.63, 3.8) is 0 Å². The molecule has 3 aromatic rings. The Hall–Kier alpha value is -4.53. The van der Waals surface area contributed by atoms with E-state index in [0.717, 1.165) is 40.1 Å². The molecule has 0 radical (unpaired) electrons. The Bertz CT molecular complexity index is 1990. The molecule has 2 amide bonds. The van der Waals surface area contributed by atoms with Crippen molar-refractivity contribution in [2.75, 3.05) is 26.2 Å². The summed E-state index contributed by atoms with van der Waals surface area (Å²) in [6.07, 6.45) is -20.5. The Kier molecular flexibility index (Phi) is 10.7. The number of halogens is 12. The lowest BCUT2D eigenvalue weighted by atomic mass is 9.77. The van der Waals surface area contributed by atoms with Crippen molar-refractivity contribution in [3.05, 3.63) is 101 Å². The number of hydrogen-bond donors (Lipinski definition) is 1. The minimum absolute atomic E-state index is 0.244. The number of benzene rings is 3. The topological polar surface area (TPSA) is 104 Å². The number of nitrogens with zero attached hydrogens (tertiary/aromatic N) is 2. The monoisotopic (exact) mass is 820 g/mol. The van der Waals surface area contributed by atoms with Crippen LogP contribution in [0, 0.1) is 22.9 Å². The molecular weight excluding hydrogens is 792 g/mol. The molecule has 2 aliphatic rings. The average Bonchev–Trinajstić information content (AvgIpc) is 3.55. The number of aliphatic carboxylic acids is 1. The van der Waals surface area contributed by atoms with Gasteiger partial charge in [-0.05, 0) is 61.2 Å². The summed E-state index contributed by atoms with van der Waals surface area (Å²) in [6.45, 7) is -4.61. The van der Waals surface area contributed by atoms with Crippen molar-refractivity contribution in [2.24, 2.45) is 5.41 Å². The van der Waals surface area contributed by atoms with E-state index >= 15 is 0 Å². The summed E-state index contributed by atoms with van der Waals surface area (Å²) in [5.41, 5.74) is -11.8. The zero-order valence-electron chi connectivity index (χ0n) is 27.8. The van der Waals surface area contributed by atoms with Crippen LogP contribution in [0.1, 0.15) is 36.0 Å². The van der Waals surface area contributed by atoms with Crippen LogP contribution in [0.5, 0.6) is 0 Å². The number of alkyl halides is 9. The molecule has 0 aromatic heterocycles. The third-order valence-corrected chi connectivity index (χ3v) is 12.6. The molecule has 0 bridgehead atoms. The summed E-state index contributed by atoms with van der Waals surface area (Å²) < 4.78 is 201. The van der Waals surface area contributed by atoms with Gasteiger partial charge in [-0.15, -0.1) is 0 Å². The molecule has 21 heteroatoms. The molecule has 1 unspecified atom stereocenters. The standard InChI is InChI=1S/C34H28F12N2O6S/c35-22-8-10-23(11-9-22)55(52,53)30(14-17-48(19-30)28(51)47-15-12-29(13-16-47,27(49)50)32(38,39)40)20-4-6-21(7-5-20)31(33(41,42)43,34(44,45)46)54-18-24-25(36)2-1-3-26(24)37/h1-11H,12-19H2,(H,49,50). The number of urea groups is 1. The summed E-state index contributed by atoms with van der Waals surface area (Å²) in [4.78, 5) is 26.3. The lowest BCUT2D eigenvalue weighted by molar-refractivity contribution is -0.392. The third kappa shape index (κ3) is 6.97. The number of likely N-dealkylation sites (tertiary alicyclic amines) is 2. The van der Waals surface area contributed by atoms with Crippen molar-refractivity contribution < 1.29 is 80.5 Å². The first-order valence-corrected chi connectivity index (χ1v) is 17.5. The molecule has 0 saturated carbocycles. The maximum atomic E-state index is 14.6. The van der Waals surface area contributed by atoms with Gasteiger partial charge in [-0.2, -0.15) is 39.5 Å². The van der Waals surface area contributed by atoms with E-state index in [2.05, 4.69) is 4.74 Å². The maximum Gasteiger partial charge on any atom is 0.430 e. The Labute approximate surface area is 304 Å². The van der Waals surface area contributed by atoms with Crippen LogP contribution < -0.4 is 0 Å². The first kappa shape index (κ1) is 41.6. The van der Waals surface area contributed by atoms with Gasteiger partial charge in [-0.3, -0.25) is 4.79 Å². The second kappa shape index (κ2) is 14.2. The van der Waals surface area contributed by atoms with Crippen LogP contribution >= 0.6 is 0 Å². The lowest BCUT2D eigenvalue weighted by Gasteiger charge is -2.41. The Morgan fingerprint density at radius 3 is 1.71 bits per heavy atom. The minimum Gasteiger partial charge on any atom is -0.481 e. The van der Waals surface area contributed by atoms with E-state index in [4.69, 9.17) is 0 Å². The number of ether oxygens (including phenoxy) is 1. The largest absolute Gasteiger partial charge is 0.481 e. The number of carboxylic acids is 1. The summed E-state index contributed by atoms with van der Waals surface area (Å²) >= 11 is 0. The molecule has 0 aliphatic carbocycles. The van der Waals surface area contributed by atoms with Gasteiger partial charge in [0.15, 0.2) is 15.3 Å². The number of carboxylic acid groups (broad SMARTS) is 1. The van der Waals surface area contributed by atoms with Crippen molar-refractivity contribution in [3.8, 4) is 0 Å². The minimum atomic E-state index is -6.33. The molecule has 5 rings (SSSR count). The fourth-order valence-electron chi connectivity index (χ4n) is 6.89. The zero-order valence-corrected chi connectivity index (χ0v) is 28.7. The van der Waals surface area contributed by atoms with E-state index in [1.165, 1.54) is 0 Å². The Balaban J connectivity index is 1.55. The summed E-state index contributed by atoms with van der Waals surface area (Å²) in [7, 11) is -4.84. The highest BCUT2D eigenvalue weighted by Crippen LogP contribution is 2.54. The maximum absolute atomic E-state index is 14.6. The van der Waals surface area contributed by atoms with E-state index in [9.17, 15) is 75.8 Å². The van der Waals surface area contributed by atoms with Gasteiger partial charge < -0.3 is 19.6 Å². The molecule has 1 N–H and O–H groups in total. The van der Waals surface area contributed by atoms with Gasteiger partial charge in [-0.25, -0.2) is 26.4 Å². The number of rotatable bonds is 8. The van der Waals surface area contributed by atoms with Gasteiger partial charge in [0, 0.05) is 37.3 Å². The van der Waals surface area contributed by atoms with E-state index in [1.54, 1.807) is 0 Å². The van der Waals surface area contributed by atoms with Gasteiger partial charge >= 0.3 is 30.5 Å². The quantitative estimate of drug-likeness (QED) is 0.184. The van der Waals surface area contributed by atoms with E-state index in [-0.39, 0.29) is 12.1 Å². The second-order valence-electron chi connectivity index (χ2n) is 13.0. The van der Waals surface area contributed by atoms with Crippen LogP contribution in [0.25, 0.3) is 0 Å². The van der Waals surface area contributed by atoms with Crippen molar-refractivity contribution in [2.45, 2.75) is 59.6 Å². The van der Waals surface area contributed by atoms with Crippen molar-refractivity contribution in [1.29, 1.82) is 0 Å². The summed E-state index contributed by atoms with van der Waals surface area (Å²) in [5, 5.41) is 9.35. The summed E-state index contributed by atoms with van der Waals surface area (Å²) in [6, 6.07) is 5.76.